The summed E-state index contributed by atoms with van der Waals surface area (Å²) in [6.07, 6.45) is 0. The predicted molar refractivity (Wildman–Crippen MR) is 83.7 cm³/mol. The molecule has 0 amide bonds. The molecule has 3 aromatic carbocycles. The van der Waals surface area contributed by atoms with Crippen molar-refractivity contribution in [3.8, 4) is 28.0 Å². The van der Waals surface area contributed by atoms with Crippen molar-refractivity contribution in [2.24, 2.45) is 0 Å². The molecule has 0 aromatic heterocycles. The second-order valence-corrected chi connectivity index (χ2v) is 4.90. The second-order valence-electron chi connectivity index (χ2n) is 4.90. The van der Waals surface area contributed by atoms with Gasteiger partial charge in [-0.3, -0.25) is 0 Å². The number of hydrogen-bond donors (Lipinski definition) is 1. The standard InChI is InChI=1S/C19H16O/c1-14-18(16-10-6-3-7-11-16)12-17(13-19(14)20)15-8-4-2-5-9-15/h2-13,20H,1H3. The van der Waals surface area contributed by atoms with E-state index in [0.29, 0.717) is 5.75 Å². The van der Waals surface area contributed by atoms with Crippen LogP contribution in [0.3, 0.4) is 0 Å². The van der Waals surface area contributed by atoms with E-state index in [2.05, 4.69) is 30.3 Å². The Morgan fingerprint density at radius 1 is 0.650 bits per heavy atom. The molecule has 3 aromatic rings. The van der Waals surface area contributed by atoms with Crippen molar-refractivity contribution in [1.82, 2.24) is 0 Å². The molecule has 1 N–H and O–H groups in total. The fourth-order valence-corrected chi connectivity index (χ4v) is 2.41. The first-order chi connectivity index (χ1) is 9.75. The van der Waals surface area contributed by atoms with Gasteiger partial charge in [-0.1, -0.05) is 60.7 Å². The fourth-order valence-electron chi connectivity index (χ4n) is 2.41. The maximum Gasteiger partial charge on any atom is 0.119 e. The van der Waals surface area contributed by atoms with Crippen LogP contribution in [0, 0.1) is 6.92 Å². The zero-order valence-corrected chi connectivity index (χ0v) is 11.4. The maximum atomic E-state index is 10.2. The van der Waals surface area contributed by atoms with Gasteiger partial charge in [0.05, 0.1) is 0 Å². The van der Waals surface area contributed by atoms with Crippen LogP contribution in [0.1, 0.15) is 5.56 Å². The average molecular weight is 260 g/mol. The van der Waals surface area contributed by atoms with Crippen LogP contribution < -0.4 is 0 Å². The third-order valence-electron chi connectivity index (χ3n) is 3.57. The third kappa shape index (κ3) is 2.30. The molecule has 0 spiro atoms. The summed E-state index contributed by atoms with van der Waals surface area (Å²) in [5.41, 5.74) is 5.26. The summed E-state index contributed by atoms with van der Waals surface area (Å²) >= 11 is 0. The van der Waals surface area contributed by atoms with E-state index >= 15 is 0 Å². The van der Waals surface area contributed by atoms with Crippen LogP contribution in [0.4, 0.5) is 0 Å². The number of hydrogen-bond acceptors (Lipinski definition) is 1. The molecule has 98 valence electrons. The van der Waals surface area contributed by atoms with Crippen molar-refractivity contribution >= 4 is 0 Å². The molecule has 0 aliphatic carbocycles. The minimum Gasteiger partial charge on any atom is -0.508 e. The molecule has 0 radical (unpaired) electrons. The van der Waals surface area contributed by atoms with E-state index in [1.807, 2.05) is 49.4 Å². The van der Waals surface area contributed by atoms with Gasteiger partial charge in [0.25, 0.3) is 0 Å². The lowest BCUT2D eigenvalue weighted by atomic mass is 9.94. The van der Waals surface area contributed by atoms with Gasteiger partial charge in [0.15, 0.2) is 0 Å². The highest BCUT2D eigenvalue weighted by Crippen LogP contribution is 2.34. The van der Waals surface area contributed by atoms with E-state index in [4.69, 9.17) is 0 Å². The first kappa shape index (κ1) is 12.5. The summed E-state index contributed by atoms with van der Waals surface area (Å²) in [5, 5.41) is 10.2. The smallest absolute Gasteiger partial charge is 0.119 e. The number of phenolic OH excluding ortho intramolecular Hbond substituents is 1. The Hall–Kier alpha value is -2.54. The van der Waals surface area contributed by atoms with Crippen molar-refractivity contribution in [2.75, 3.05) is 0 Å². The molecule has 0 aliphatic heterocycles. The van der Waals surface area contributed by atoms with Gasteiger partial charge in [-0.05, 0) is 46.9 Å². The highest BCUT2D eigenvalue weighted by Gasteiger charge is 2.09. The topological polar surface area (TPSA) is 20.2 Å². The summed E-state index contributed by atoms with van der Waals surface area (Å²) in [7, 11) is 0. The predicted octanol–water partition coefficient (Wildman–Crippen LogP) is 5.03. The minimum atomic E-state index is 0.338. The molecule has 0 heterocycles. The number of benzene rings is 3. The Morgan fingerprint density at radius 2 is 1.20 bits per heavy atom. The summed E-state index contributed by atoms with van der Waals surface area (Å²) in [4.78, 5) is 0. The van der Waals surface area contributed by atoms with Gasteiger partial charge < -0.3 is 5.11 Å². The van der Waals surface area contributed by atoms with Crippen LogP contribution in [0.2, 0.25) is 0 Å². The second kappa shape index (κ2) is 5.22. The summed E-state index contributed by atoms with van der Waals surface area (Å²) in [5.74, 6) is 0.338. The largest absolute Gasteiger partial charge is 0.508 e. The lowest BCUT2D eigenvalue weighted by molar-refractivity contribution is 0.471. The Bertz CT molecular complexity index is 716. The molecule has 0 aliphatic rings. The quantitative estimate of drug-likeness (QED) is 0.684. The van der Waals surface area contributed by atoms with Gasteiger partial charge in [-0.25, -0.2) is 0 Å². The highest BCUT2D eigenvalue weighted by atomic mass is 16.3. The average Bonchev–Trinajstić information content (AvgIpc) is 2.51. The molecule has 0 saturated carbocycles. The summed E-state index contributed by atoms with van der Waals surface area (Å²) in [6.45, 7) is 1.95. The first-order valence-electron chi connectivity index (χ1n) is 6.70. The van der Waals surface area contributed by atoms with E-state index in [9.17, 15) is 5.11 Å². The van der Waals surface area contributed by atoms with Crippen LogP contribution in [0.15, 0.2) is 72.8 Å². The Kier molecular flexibility index (Phi) is 3.26. The number of rotatable bonds is 2. The lowest BCUT2D eigenvalue weighted by Gasteiger charge is -2.11. The Labute approximate surface area is 119 Å². The van der Waals surface area contributed by atoms with Gasteiger partial charge in [-0.2, -0.15) is 0 Å². The van der Waals surface area contributed by atoms with Gasteiger partial charge in [-0.15, -0.1) is 0 Å². The maximum absolute atomic E-state index is 10.2. The van der Waals surface area contributed by atoms with Crippen molar-refractivity contribution in [2.45, 2.75) is 6.92 Å². The summed E-state index contributed by atoms with van der Waals surface area (Å²) in [6, 6.07) is 24.3. The fraction of sp³-hybridized carbons (Fsp3) is 0.0526. The van der Waals surface area contributed by atoms with Gasteiger partial charge in [0, 0.05) is 0 Å². The van der Waals surface area contributed by atoms with Gasteiger partial charge in [0.2, 0.25) is 0 Å². The molecule has 20 heavy (non-hydrogen) atoms. The van der Waals surface area contributed by atoms with Crippen molar-refractivity contribution < 1.29 is 5.11 Å². The van der Waals surface area contributed by atoms with Crippen LogP contribution in [-0.4, -0.2) is 5.11 Å². The Morgan fingerprint density at radius 3 is 1.80 bits per heavy atom. The SMILES string of the molecule is Cc1c(O)cc(-c2ccccc2)cc1-c1ccccc1. The molecule has 0 fully saturated rings. The van der Waals surface area contributed by atoms with Crippen molar-refractivity contribution in [3.63, 3.8) is 0 Å². The van der Waals surface area contributed by atoms with Gasteiger partial charge >= 0.3 is 0 Å². The van der Waals surface area contributed by atoms with E-state index in [0.717, 1.165) is 27.8 Å². The van der Waals surface area contributed by atoms with E-state index in [1.54, 1.807) is 0 Å². The van der Waals surface area contributed by atoms with E-state index < -0.39 is 0 Å². The molecule has 3 rings (SSSR count). The van der Waals surface area contributed by atoms with Gasteiger partial charge in [0.1, 0.15) is 5.75 Å². The number of aromatic hydroxyl groups is 1. The van der Waals surface area contributed by atoms with E-state index in [1.165, 1.54) is 0 Å². The van der Waals surface area contributed by atoms with Crippen molar-refractivity contribution in [1.29, 1.82) is 0 Å². The first-order valence-corrected chi connectivity index (χ1v) is 6.70. The zero-order valence-electron chi connectivity index (χ0n) is 11.4. The molecule has 1 heteroatoms. The number of phenols is 1. The molecule has 0 bridgehead atoms. The van der Waals surface area contributed by atoms with E-state index in [-0.39, 0.29) is 0 Å². The molecular weight excluding hydrogens is 244 g/mol. The third-order valence-corrected chi connectivity index (χ3v) is 3.57. The van der Waals surface area contributed by atoms with Crippen LogP contribution in [0.25, 0.3) is 22.3 Å². The monoisotopic (exact) mass is 260 g/mol. The molecule has 0 atom stereocenters. The molecular formula is C19H16O. The van der Waals surface area contributed by atoms with Crippen LogP contribution >= 0.6 is 0 Å². The minimum absolute atomic E-state index is 0.338. The molecule has 0 saturated heterocycles. The normalized spacial score (nSPS) is 10.4. The Balaban J connectivity index is 2.19. The van der Waals surface area contributed by atoms with Crippen molar-refractivity contribution in [3.05, 3.63) is 78.4 Å². The van der Waals surface area contributed by atoms with Crippen LogP contribution in [0.5, 0.6) is 5.75 Å². The lowest BCUT2D eigenvalue weighted by Crippen LogP contribution is -1.87. The summed E-state index contributed by atoms with van der Waals surface area (Å²) < 4.78 is 0. The molecule has 0 unspecified atom stereocenters. The zero-order chi connectivity index (χ0) is 13.9. The highest BCUT2D eigenvalue weighted by molar-refractivity contribution is 5.78. The molecule has 1 nitrogen and oxygen atoms in total. The van der Waals surface area contributed by atoms with Crippen LogP contribution in [-0.2, 0) is 0 Å².